The summed E-state index contributed by atoms with van der Waals surface area (Å²) in [4.78, 5) is 27.9. The first-order chi connectivity index (χ1) is 16.7. The summed E-state index contributed by atoms with van der Waals surface area (Å²) in [7, 11) is 0. The molecule has 2 aromatic carbocycles. The molecule has 35 heavy (non-hydrogen) atoms. The van der Waals surface area contributed by atoms with Gasteiger partial charge in [-0.2, -0.15) is 0 Å². The fraction of sp³-hybridized carbons (Fsp3) is 0.320. The second-order valence-corrected chi connectivity index (χ2v) is 8.87. The maximum Gasteiger partial charge on any atom is 0.341 e. The number of piperazine rings is 1. The Morgan fingerprint density at radius 2 is 1.80 bits per heavy atom. The summed E-state index contributed by atoms with van der Waals surface area (Å²) in [6.45, 7) is 6.37. The van der Waals surface area contributed by atoms with E-state index in [0.29, 0.717) is 49.0 Å². The lowest BCUT2D eigenvalue weighted by atomic mass is 10.1. The van der Waals surface area contributed by atoms with E-state index in [4.69, 9.17) is 12.2 Å². The van der Waals surface area contributed by atoms with Crippen molar-refractivity contribution >= 4 is 39.9 Å². The molecule has 0 bridgehead atoms. The molecular weight excluding hydrogens is 474 g/mol. The number of nitrogens with zero attached hydrogens (tertiary/aromatic N) is 3. The molecule has 0 amide bonds. The number of rotatable bonds is 5. The molecule has 0 spiro atoms. The van der Waals surface area contributed by atoms with Crippen LogP contribution in [-0.4, -0.2) is 51.8 Å². The van der Waals surface area contributed by atoms with Gasteiger partial charge in [0.15, 0.2) is 5.11 Å². The van der Waals surface area contributed by atoms with E-state index in [2.05, 4.69) is 5.32 Å². The molecule has 4 rings (SSSR count). The van der Waals surface area contributed by atoms with Gasteiger partial charge in [0.2, 0.25) is 5.43 Å². The van der Waals surface area contributed by atoms with E-state index in [1.54, 1.807) is 22.8 Å². The molecule has 1 aliphatic heterocycles. The Morgan fingerprint density at radius 1 is 1.14 bits per heavy atom. The Morgan fingerprint density at radius 3 is 2.40 bits per heavy atom. The zero-order chi connectivity index (χ0) is 25.3. The highest BCUT2D eigenvalue weighted by Gasteiger charge is 2.24. The van der Waals surface area contributed by atoms with Gasteiger partial charge in [-0.25, -0.2) is 13.6 Å². The molecule has 3 aromatic rings. The van der Waals surface area contributed by atoms with Crippen molar-refractivity contribution in [2.24, 2.45) is 0 Å². The summed E-state index contributed by atoms with van der Waals surface area (Å²) >= 11 is 5.56. The van der Waals surface area contributed by atoms with E-state index in [-0.39, 0.29) is 22.8 Å². The number of anilines is 1. The number of carboxylic acids is 1. The van der Waals surface area contributed by atoms with Crippen LogP contribution in [0.15, 0.2) is 47.4 Å². The SMILES string of the molecule is CCn1cc(C(=O)O)c(=O)c2cc(F)c(N3CCN(C(=S)N[C@H](C)c4ccc(F)cc4)CC3)cc21. The summed E-state index contributed by atoms with van der Waals surface area (Å²) in [6.07, 6.45) is 1.30. The molecule has 0 aliphatic carbocycles. The summed E-state index contributed by atoms with van der Waals surface area (Å²) in [6, 6.07) is 8.90. The number of aromatic nitrogens is 1. The zero-order valence-electron chi connectivity index (χ0n) is 19.4. The lowest BCUT2D eigenvalue weighted by molar-refractivity contribution is 0.0695. The molecule has 1 atom stereocenters. The fourth-order valence-corrected chi connectivity index (χ4v) is 4.68. The Balaban J connectivity index is 1.49. The molecule has 0 radical (unpaired) electrons. The number of nitrogens with one attached hydrogen (secondary N) is 1. The Labute approximate surface area is 206 Å². The first-order valence-electron chi connectivity index (χ1n) is 11.4. The topological polar surface area (TPSA) is 77.8 Å². The summed E-state index contributed by atoms with van der Waals surface area (Å²) < 4.78 is 29.9. The van der Waals surface area contributed by atoms with Gasteiger partial charge in [-0.3, -0.25) is 4.79 Å². The number of thiocarbonyl (C=S) groups is 1. The van der Waals surface area contributed by atoms with E-state index in [0.717, 1.165) is 11.6 Å². The van der Waals surface area contributed by atoms with Crippen LogP contribution in [0.5, 0.6) is 0 Å². The first kappa shape index (κ1) is 24.6. The second-order valence-electron chi connectivity index (χ2n) is 8.48. The number of fused-ring (bicyclic) bond motifs is 1. The minimum Gasteiger partial charge on any atom is -0.477 e. The van der Waals surface area contributed by atoms with Crippen LogP contribution < -0.4 is 15.6 Å². The Hall–Kier alpha value is -3.53. The molecule has 10 heteroatoms. The highest BCUT2D eigenvalue weighted by molar-refractivity contribution is 7.80. The van der Waals surface area contributed by atoms with Crippen molar-refractivity contribution in [2.75, 3.05) is 31.1 Å². The summed E-state index contributed by atoms with van der Waals surface area (Å²) in [5.41, 5.74) is 0.695. The minimum absolute atomic E-state index is 0.0480. The molecule has 1 aliphatic rings. The van der Waals surface area contributed by atoms with E-state index in [9.17, 15) is 19.1 Å². The van der Waals surface area contributed by atoms with E-state index < -0.39 is 17.2 Å². The minimum atomic E-state index is -1.34. The van der Waals surface area contributed by atoms with Crippen molar-refractivity contribution < 1.29 is 18.7 Å². The van der Waals surface area contributed by atoms with Gasteiger partial charge in [0, 0.05) is 44.3 Å². The van der Waals surface area contributed by atoms with Crippen molar-refractivity contribution in [1.82, 2.24) is 14.8 Å². The molecular formula is C25H26F2N4O3S. The molecule has 2 heterocycles. The van der Waals surface area contributed by atoms with Gasteiger partial charge >= 0.3 is 5.97 Å². The van der Waals surface area contributed by atoms with Gasteiger partial charge in [-0.1, -0.05) is 12.1 Å². The number of carbonyl (C=O) groups is 1. The van der Waals surface area contributed by atoms with Crippen LogP contribution in [0.25, 0.3) is 10.9 Å². The average molecular weight is 501 g/mol. The predicted molar refractivity (Wildman–Crippen MR) is 135 cm³/mol. The molecule has 2 N–H and O–H groups in total. The summed E-state index contributed by atoms with van der Waals surface area (Å²) in [5, 5.41) is 13.2. The number of hydrogen-bond acceptors (Lipinski definition) is 4. The molecule has 0 unspecified atom stereocenters. The monoisotopic (exact) mass is 500 g/mol. The van der Waals surface area contributed by atoms with Gasteiger partial charge in [-0.15, -0.1) is 0 Å². The molecule has 7 nitrogen and oxygen atoms in total. The van der Waals surface area contributed by atoms with Crippen molar-refractivity contribution in [3.8, 4) is 0 Å². The van der Waals surface area contributed by atoms with Gasteiger partial charge < -0.3 is 24.8 Å². The van der Waals surface area contributed by atoms with Crippen LogP contribution >= 0.6 is 12.2 Å². The average Bonchev–Trinajstić information content (AvgIpc) is 2.84. The smallest absolute Gasteiger partial charge is 0.341 e. The fourth-order valence-electron chi connectivity index (χ4n) is 4.32. The third-order valence-electron chi connectivity index (χ3n) is 6.34. The van der Waals surface area contributed by atoms with Crippen molar-refractivity contribution in [2.45, 2.75) is 26.4 Å². The van der Waals surface area contributed by atoms with Gasteiger partial charge in [0.05, 0.1) is 17.2 Å². The molecule has 1 saturated heterocycles. The third kappa shape index (κ3) is 4.97. The molecule has 1 fully saturated rings. The molecule has 1 aromatic heterocycles. The van der Waals surface area contributed by atoms with Crippen molar-refractivity contribution in [3.63, 3.8) is 0 Å². The van der Waals surface area contributed by atoms with E-state index in [1.807, 2.05) is 23.6 Å². The first-order valence-corrected chi connectivity index (χ1v) is 11.8. The van der Waals surface area contributed by atoms with Crippen LogP contribution in [-0.2, 0) is 6.54 Å². The third-order valence-corrected chi connectivity index (χ3v) is 6.71. The maximum absolute atomic E-state index is 15.1. The molecule has 184 valence electrons. The Bertz CT molecular complexity index is 1340. The van der Waals surface area contributed by atoms with Crippen molar-refractivity contribution in [3.05, 3.63) is 75.6 Å². The zero-order valence-corrected chi connectivity index (χ0v) is 20.2. The number of pyridine rings is 1. The second kappa shape index (κ2) is 9.99. The number of aryl methyl sites for hydroxylation is 1. The van der Waals surface area contributed by atoms with Gasteiger partial charge in [0.1, 0.15) is 17.2 Å². The lowest BCUT2D eigenvalue weighted by Crippen LogP contribution is -2.52. The van der Waals surface area contributed by atoms with E-state index in [1.165, 1.54) is 18.3 Å². The summed E-state index contributed by atoms with van der Waals surface area (Å²) in [5.74, 6) is -2.20. The number of carboxylic acid groups (broad SMARTS) is 1. The van der Waals surface area contributed by atoms with Crippen LogP contribution in [0, 0.1) is 11.6 Å². The van der Waals surface area contributed by atoms with Gasteiger partial charge in [0.25, 0.3) is 0 Å². The van der Waals surface area contributed by atoms with Crippen LogP contribution in [0.3, 0.4) is 0 Å². The Kier molecular flexibility index (Phi) is 7.02. The number of aromatic carboxylic acids is 1. The van der Waals surface area contributed by atoms with Crippen LogP contribution in [0.4, 0.5) is 14.5 Å². The normalized spacial score (nSPS) is 14.7. The largest absolute Gasteiger partial charge is 0.477 e. The van der Waals surface area contributed by atoms with Crippen LogP contribution in [0.2, 0.25) is 0 Å². The standard InChI is InChI=1S/C25H26F2N4O3S/c1-3-29-14-19(24(33)34)23(32)18-12-20(27)22(13-21(18)29)30-8-10-31(11-9-30)25(35)28-15(2)16-4-6-17(26)7-5-16/h4-7,12-15H,3,8-11H2,1-2H3,(H,28,35)(H,33,34)/t15-/m1/s1. The number of benzene rings is 2. The molecule has 0 saturated carbocycles. The van der Waals surface area contributed by atoms with Crippen molar-refractivity contribution in [1.29, 1.82) is 0 Å². The maximum atomic E-state index is 15.1. The predicted octanol–water partition coefficient (Wildman–Crippen LogP) is 3.76. The quantitative estimate of drug-likeness (QED) is 0.517. The highest BCUT2D eigenvalue weighted by Crippen LogP contribution is 2.26. The van der Waals surface area contributed by atoms with E-state index >= 15 is 4.39 Å². The number of hydrogen-bond donors (Lipinski definition) is 2. The van der Waals surface area contributed by atoms with Gasteiger partial charge in [-0.05, 0) is 55.9 Å². The van der Waals surface area contributed by atoms with Crippen LogP contribution in [0.1, 0.15) is 35.8 Å². The highest BCUT2D eigenvalue weighted by atomic mass is 32.1. The number of halogens is 2. The lowest BCUT2D eigenvalue weighted by Gasteiger charge is -2.38.